The number of ether oxygens (including phenoxy) is 1. The molecule has 0 amide bonds. The molecule has 14 heavy (non-hydrogen) atoms. The normalized spacial score (nSPS) is 14.8. The minimum absolute atomic E-state index is 0.0370. The van der Waals surface area contributed by atoms with Gasteiger partial charge in [0.1, 0.15) is 0 Å². The van der Waals surface area contributed by atoms with Crippen molar-refractivity contribution < 1.29 is 4.74 Å². The van der Waals surface area contributed by atoms with E-state index in [0.717, 1.165) is 6.42 Å². The Morgan fingerprint density at radius 3 is 2.21 bits per heavy atom. The summed E-state index contributed by atoms with van der Waals surface area (Å²) in [7, 11) is 3.84. The van der Waals surface area contributed by atoms with Crippen molar-refractivity contribution in [3.05, 3.63) is 0 Å². The summed E-state index contributed by atoms with van der Waals surface area (Å²) in [6.07, 6.45) is 3.60. The average molecular weight is 201 g/mol. The van der Waals surface area contributed by atoms with Crippen LogP contribution in [0.25, 0.3) is 0 Å². The fourth-order valence-electron chi connectivity index (χ4n) is 1.66. The van der Waals surface area contributed by atoms with Gasteiger partial charge in [0.05, 0.1) is 5.60 Å². The van der Waals surface area contributed by atoms with Crippen LogP contribution in [0.15, 0.2) is 0 Å². The molecule has 2 heteroatoms. The maximum atomic E-state index is 5.39. The van der Waals surface area contributed by atoms with Crippen molar-refractivity contribution in [1.82, 2.24) is 5.32 Å². The molecule has 0 aromatic heterocycles. The van der Waals surface area contributed by atoms with Gasteiger partial charge < -0.3 is 10.1 Å². The lowest BCUT2D eigenvalue weighted by atomic mass is 9.94. The van der Waals surface area contributed by atoms with Crippen molar-refractivity contribution in [2.24, 2.45) is 5.92 Å². The predicted molar refractivity (Wildman–Crippen MR) is 62.6 cm³/mol. The minimum Gasteiger partial charge on any atom is -0.379 e. The molecule has 1 N–H and O–H groups in total. The van der Waals surface area contributed by atoms with E-state index in [4.69, 9.17) is 4.74 Å². The highest BCUT2D eigenvalue weighted by molar-refractivity contribution is 4.72. The molecule has 0 heterocycles. The number of nitrogens with one attached hydrogen (secondary N) is 1. The van der Waals surface area contributed by atoms with Crippen LogP contribution in [0.2, 0.25) is 0 Å². The van der Waals surface area contributed by atoms with Crippen LogP contribution in [0.5, 0.6) is 0 Å². The molecule has 0 aromatic rings. The summed E-state index contributed by atoms with van der Waals surface area (Å²) in [6.45, 7) is 8.83. The van der Waals surface area contributed by atoms with E-state index in [1.165, 1.54) is 12.8 Å². The maximum Gasteiger partial charge on any atom is 0.0622 e. The molecule has 1 unspecified atom stereocenters. The minimum atomic E-state index is 0.0370. The number of hydrogen-bond acceptors (Lipinski definition) is 2. The van der Waals surface area contributed by atoms with Gasteiger partial charge in [0.25, 0.3) is 0 Å². The van der Waals surface area contributed by atoms with Crippen LogP contribution in [0.4, 0.5) is 0 Å². The van der Waals surface area contributed by atoms with E-state index in [0.29, 0.717) is 12.0 Å². The summed E-state index contributed by atoms with van der Waals surface area (Å²) in [5.74, 6) is 0.714. The molecule has 0 saturated carbocycles. The van der Waals surface area contributed by atoms with E-state index in [9.17, 15) is 0 Å². The van der Waals surface area contributed by atoms with Crippen LogP contribution >= 0.6 is 0 Å². The summed E-state index contributed by atoms with van der Waals surface area (Å²) in [4.78, 5) is 0. The van der Waals surface area contributed by atoms with Crippen molar-refractivity contribution in [2.45, 2.75) is 58.6 Å². The van der Waals surface area contributed by atoms with Crippen molar-refractivity contribution in [3.8, 4) is 0 Å². The standard InChI is InChI=1S/C12H27NO/c1-10(2)11(13-5)8-7-9-12(3,4)14-6/h10-11,13H,7-9H2,1-6H3. The Labute approximate surface area is 89.4 Å². The monoisotopic (exact) mass is 201 g/mol. The Bertz CT molecular complexity index is 143. The van der Waals surface area contributed by atoms with E-state index in [1.807, 2.05) is 7.05 Å². The molecule has 0 spiro atoms. The summed E-state index contributed by atoms with van der Waals surface area (Å²) in [6, 6.07) is 0.641. The molecule has 0 radical (unpaired) electrons. The Hall–Kier alpha value is -0.0800. The van der Waals surface area contributed by atoms with Crippen molar-refractivity contribution in [1.29, 1.82) is 0 Å². The van der Waals surface area contributed by atoms with Crippen molar-refractivity contribution in [3.63, 3.8) is 0 Å². The Balaban J connectivity index is 3.71. The first-order valence-electron chi connectivity index (χ1n) is 5.65. The van der Waals surface area contributed by atoms with Crippen LogP contribution < -0.4 is 5.32 Å². The Morgan fingerprint density at radius 2 is 1.86 bits per heavy atom. The van der Waals surface area contributed by atoms with Gasteiger partial charge >= 0.3 is 0 Å². The summed E-state index contributed by atoms with van der Waals surface area (Å²) >= 11 is 0. The second-order valence-corrected chi connectivity index (χ2v) is 5.00. The highest BCUT2D eigenvalue weighted by atomic mass is 16.5. The quantitative estimate of drug-likeness (QED) is 0.684. The second-order valence-electron chi connectivity index (χ2n) is 5.00. The molecule has 1 atom stereocenters. The topological polar surface area (TPSA) is 21.3 Å². The molecule has 2 nitrogen and oxygen atoms in total. The molecule has 0 aliphatic carbocycles. The van der Waals surface area contributed by atoms with Crippen LogP contribution in [-0.4, -0.2) is 25.8 Å². The van der Waals surface area contributed by atoms with Gasteiger partial charge in [-0.05, 0) is 46.1 Å². The lowest BCUT2D eigenvalue weighted by Gasteiger charge is -2.25. The van der Waals surface area contributed by atoms with Crippen molar-refractivity contribution >= 4 is 0 Å². The predicted octanol–water partition coefficient (Wildman–Crippen LogP) is 2.83. The zero-order valence-electron chi connectivity index (χ0n) is 10.7. The molecule has 0 saturated heterocycles. The summed E-state index contributed by atoms with van der Waals surface area (Å²) < 4.78 is 5.39. The number of hydrogen-bond donors (Lipinski definition) is 1. The van der Waals surface area contributed by atoms with Crippen LogP contribution in [0.1, 0.15) is 47.0 Å². The van der Waals surface area contributed by atoms with Crippen LogP contribution in [0.3, 0.4) is 0 Å². The van der Waals surface area contributed by atoms with Crippen LogP contribution in [-0.2, 0) is 4.74 Å². The summed E-state index contributed by atoms with van der Waals surface area (Å²) in [5.41, 5.74) is 0.0370. The Morgan fingerprint density at radius 1 is 1.29 bits per heavy atom. The van der Waals surface area contributed by atoms with Gasteiger partial charge in [-0.3, -0.25) is 0 Å². The molecule has 0 aliphatic heterocycles. The zero-order valence-corrected chi connectivity index (χ0v) is 10.7. The van der Waals surface area contributed by atoms with Crippen molar-refractivity contribution in [2.75, 3.05) is 14.2 Å². The fourth-order valence-corrected chi connectivity index (χ4v) is 1.66. The molecular formula is C12H27NO. The SMILES string of the molecule is CNC(CCCC(C)(C)OC)C(C)C. The first-order valence-corrected chi connectivity index (χ1v) is 5.65. The number of methoxy groups -OCH3 is 1. The van der Waals surface area contributed by atoms with Gasteiger partial charge in [0.2, 0.25) is 0 Å². The fraction of sp³-hybridized carbons (Fsp3) is 1.00. The maximum absolute atomic E-state index is 5.39. The lowest BCUT2D eigenvalue weighted by molar-refractivity contribution is 0.0127. The van der Waals surface area contributed by atoms with E-state index in [2.05, 4.69) is 33.0 Å². The first kappa shape index (κ1) is 13.9. The van der Waals surface area contributed by atoms with Gasteiger partial charge in [0, 0.05) is 13.2 Å². The highest BCUT2D eigenvalue weighted by Crippen LogP contribution is 2.18. The van der Waals surface area contributed by atoms with E-state index in [-0.39, 0.29) is 5.60 Å². The molecule has 0 aliphatic rings. The van der Waals surface area contributed by atoms with Gasteiger partial charge in [-0.25, -0.2) is 0 Å². The molecule has 0 rings (SSSR count). The molecule has 0 fully saturated rings. The molecule has 0 aromatic carbocycles. The van der Waals surface area contributed by atoms with Gasteiger partial charge in [-0.2, -0.15) is 0 Å². The Kier molecular flexibility index (Phi) is 6.38. The smallest absolute Gasteiger partial charge is 0.0622 e. The molecule has 0 bridgehead atoms. The van der Waals surface area contributed by atoms with E-state index < -0.39 is 0 Å². The van der Waals surface area contributed by atoms with Gasteiger partial charge in [-0.15, -0.1) is 0 Å². The highest BCUT2D eigenvalue weighted by Gasteiger charge is 2.17. The first-order chi connectivity index (χ1) is 6.43. The third-order valence-corrected chi connectivity index (χ3v) is 3.02. The third kappa shape index (κ3) is 5.61. The summed E-state index contributed by atoms with van der Waals surface area (Å²) in [5, 5.41) is 3.36. The van der Waals surface area contributed by atoms with Gasteiger partial charge in [-0.1, -0.05) is 13.8 Å². The van der Waals surface area contributed by atoms with Crippen LogP contribution in [0, 0.1) is 5.92 Å². The lowest BCUT2D eigenvalue weighted by Crippen LogP contribution is -2.31. The molecule has 86 valence electrons. The van der Waals surface area contributed by atoms with E-state index >= 15 is 0 Å². The zero-order chi connectivity index (χ0) is 11.2. The number of rotatable bonds is 7. The molecular weight excluding hydrogens is 174 g/mol. The third-order valence-electron chi connectivity index (χ3n) is 3.02. The van der Waals surface area contributed by atoms with Gasteiger partial charge in [0.15, 0.2) is 0 Å². The average Bonchev–Trinajstić information content (AvgIpc) is 2.12. The second kappa shape index (κ2) is 6.41. The largest absolute Gasteiger partial charge is 0.379 e. The van der Waals surface area contributed by atoms with E-state index in [1.54, 1.807) is 7.11 Å².